The first kappa shape index (κ1) is 13.8. The van der Waals surface area contributed by atoms with Gasteiger partial charge in [0.15, 0.2) is 0 Å². The summed E-state index contributed by atoms with van der Waals surface area (Å²) >= 11 is 0. The lowest BCUT2D eigenvalue weighted by Crippen LogP contribution is -2.26. The van der Waals surface area contributed by atoms with Crippen molar-refractivity contribution >= 4 is 10.0 Å². The van der Waals surface area contributed by atoms with Crippen LogP contribution in [0.4, 0.5) is 0 Å². The number of aryl methyl sites for hydroxylation is 1. The van der Waals surface area contributed by atoms with Crippen molar-refractivity contribution in [2.75, 3.05) is 7.05 Å². The lowest BCUT2D eigenvalue weighted by atomic mass is 10.2. The van der Waals surface area contributed by atoms with Gasteiger partial charge in [-0.1, -0.05) is 48.0 Å². The average Bonchev–Trinajstić information content (AvgIpc) is 2.40. The van der Waals surface area contributed by atoms with Crippen molar-refractivity contribution in [1.29, 1.82) is 0 Å². The van der Waals surface area contributed by atoms with Crippen molar-refractivity contribution in [1.82, 2.24) is 4.31 Å². The Bertz CT molecular complexity index is 634. The van der Waals surface area contributed by atoms with Gasteiger partial charge < -0.3 is 0 Å². The van der Waals surface area contributed by atoms with Gasteiger partial charge in [0, 0.05) is 13.6 Å². The molecular formula is C15H17NO2S. The first-order valence-electron chi connectivity index (χ1n) is 6.07. The standard InChI is InChI=1S/C15H17NO2S/c1-13-8-10-15(11-9-13)19(17,18)16(2)12-14-6-4-3-5-7-14/h3-11H,12H2,1-2H3. The van der Waals surface area contributed by atoms with Crippen LogP contribution in [0.2, 0.25) is 0 Å². The van der Waals surface area contributed by atoms with Crippen molar-refractivity contribution in [3.8, 4) is 0 Å². The van der Waals surface area contributed by atoms with Crippen molar-refractivity contribution in [2.24, 2.45) is 0 Å². The summed E-state index contributed by atoms with van der Waals surface area (Å²) in [5, 5.41) is 0. The van der Waals surface area contributed by atoms with Crippen molar-refractivity contribution in [3.05, 3.63) is 65.7 Å². The number of rotatable bonds is 4. The van der Waals surface area contributed by atoms with E-state index in [9.17, 15) is 8.42 Å². The summed E-state index contributed by atoms with van der Waals surface area (Å²) in [6, 6.07) is 16.5. The third-order valence-corrected chi connectivity index (χ3v) is 4.79. The Morgan fingerprint density at radius 3 is 2.11 bits per heavy atom. The normalized spacial score (nSPS) is 11.7. The predicted molar refractivity (Wildman–Crippen MR) is 76.3 cm³/mol. The Hall–Kier alpha value is -1.65. The molecule has 2 aromatic rings. The molecular weight excluding hydrogens is 258 g/mol. The molecule has 0 aliphatic carbocycles. The fourth-order valence-electron chi connectivity index (χ4n) is 1.82. The first-order valence-corrected chi connectivity index (χ1v) is 7.51. The highest BCUT2D eigenvalue weighted by Crippen LogP contribution is 2.17. The van der Waals surface area contributed by atoms with E-state index in [0.717, 1.165) is 11.1 Å². The molecule has 0 aromatic heterocycles. The fourth-order valence-corrected chi connectivity index (χ4v) is 2.97. The van der Waals surface area contributed by atoms with Gasteiger partial charge in [0.1, 0.15) is 0 Å². The zero-order valence-corrected chi connectivity index (χ0v) is 11.9. The molecule has 0 heterocycles. The SMILES string of the molecule is Cc1ccc(S(=O)(=O)N(C)Cc2ccccc2)cc1. The zero-order valence-electron chi connectivity index (χ0n) is 11.1. The van der Waals surface area contributed by atoms with Gasteiger partial charge in [0.05, 0.1) is 4.90 Å². The molecule has 3 nitrogen and oxygen atoms in total. The average molecular weight is 275 g/mol. The van der Waals surface area contributed by atoms with Crippen LogP contribution in [-0.4, -0.2) is 19.8 Å². The third-order valence-electron chi connectivity index (χ3n) is 2.98. The number of sulfonamides is 1. The van der Waals surface area contributed by atoms with Gasteiger partial charge in [0.2, 0.25) is 10.0 Å². The van der Waals surface area contributed by atoms with Crippen LogP contribution in [0.5, 0.6) is 0 Å². The molecule has 0 bridgehead atoms. The predicted octanol–water partition coefficient (Wildman–Crippen LogP) is 2.82. The topological polar surface area (TPSA) is 37.4 Å². The molecule has 2 aromatic carbocycles. The second-order valence-corrected chi connectivity index (χ2v) is 6.60. The molecule has 19 heavy (non-hydrogen) atoms. The van der Waals surface area contributed by atoms with Gasteiger partial charge in [0.25, 0.3) is 0 Å². The highest BCUT2D eigenvalue weighted by Gasteiger charge is 2.20. The molecule has 0 atom stereocenters. The minimum atomic E-state index is -3.42. The zero-order chi connectivity index (χ0) is 13.9. The first-order chi connectivity index (χ1) is 9.00. The van der Waals surface area contributed by atoms with Gasteiger partial charge >= 0.3 is 0 Å². The van der Waals surface area contributed by atoms with Gasteiger partial charge in [-0.05, 0) is 24.6 Å². The Morgan fingerprint density at radius 1 is 0.947 bits per heavy atom. The smallest absolute Gasteiger partial charge is 0.207 e. The van der Waals surface area contributed by atoms with Crippen molar-refractivity contribution < 1.29 is 8.42 Å². The number of benzene rings is 2. The highest BCUT2D eigenvalue weighted by atomic mass is 32.2. The highest BCUT2D eigenvalue weighted by molar-refractivity contribution is 7.89. The molecule has 0 unspecified atom stereocenters. The Kier molecular flexibility index (Phi) is 4.02. The third kappa shape index (κ3) is 3.22. The lowest BCUT2D eigenvalue weighted by molar-refractivity contribution is 0.466. The molecule has 0 saturated carbocycles. The molecule has 0 amide bonds. The van der Waals surface area contributed by atoms with Crippen LogP contribution in [-0.2, 0) is 16.6 Å². The summed E-state index contributed by atoms with van der Waals surface area (Å²) in [4.78, 5) is 0.330. The van der Waals surface area contributed by atoms with Crippen molar-refractivity contribution in [2.45, 2.75) is 18.4 Å². The minimum absolute atomic E-state index is 0.330. The van der Waals surface area contributed by atoms with E-state index >= 15 is 0 Å². The van der Waals surface area contributed by atoms with Gasteiger partial charge in [-0.25, -0.2) is 8.42 Å². The molecule has 0 aliphatic rings. The fraction of sp³-hybridized carbons (Fsp3) is 0.200. The number of hydrogen-bond acceptors (Lipinski definition) is 2. The second kappa shape index (κ2) is 5.55. The van der Waals surface area contributed by atoms with E-state index in [1.807, 2.05) is 49.4 Å². The van der Waals surface area contributed by atoms with Gasteiger partial charge in [-0.2, -0.15) is 4.31 Å². The van der Waals surface area contributed by atoms with Crippen LogP contribution in [0.1, 0.15) is 11.1 Å². The van der Waals surface area contributed by atoms with Crippen molar-refractivity contribution in [3.63, 3.8) is 0 Å². The molecule has 0 N–H and O–H groups in total. The molecule has 4 heteroatoms. The van der Waals surface area contributed by atoms with Crippen LogP contribution in [0.25, 0.3) is 0 Å². The Balaban J connectivity index is 2.22. The summed E-state index contributed by atoms with van der Waals surface area (Å²) in [6.07, 6.45) is 0. The molecule has 0 fully saturated rings. The molecule has 0 radical (unpaired) electrons. The van der Waals surface area contributed by atoms with Crippen LogP contribution in [0.15, 0.2) is 59.5 Å². The van der Waals surface area contributed by atoms with Crippen LogP contribution in [0, 0.1) is 6.92 Å². The van der Waals surface area contributed by atoms with E-state index < -0.39 is 10.0 Å². The molecule has 0 spiro atoms. The van der Waals surface area contributed by atoms with E-state index in [0.29, 0.717) is 11.4 Å². The molecule has 2 rings (SSSR count). The van der Waals surface area contributed by atoms with Crippen LogP contribution in [0.3, 0.4) is 0 Å². The van der Waals surface area contributed by atoms with Crippen LogP contribution >= 0.6 is 0 Å². The van der Waals surface area contributed by atoms with E-state index in [1.54, 1.807) is 19.2 Å². The van der Waals surface area contributed by atoms with Crippen LogP contribution < -0.4 is 0 Å². The number of hydrogen-bond donors (Lipinski definition) is 0. The summed E-state index contributed by atoms with van der Waals surface area (Å²) in [5.41, 5.74) is 2.02. The molecule has 100 valence electrons. The maximum absolute atomic E-state index is 12.4. The monoisotopic (exact) mass is 275 g/mol. The molecule has 0 saturated heterocycles. The Labute approximate surface area is 114 Å². The quantitative estimate of drug-likeness (QED) is 0.860. The van der Waals surface area contributed by atoms with E-state index in [2.05, 4.69) is 0 Å². The summed E-state index contributed by atoms with van der Waals surface area (Å²) in [7, 11) is -1.82. The minimum Gasteiger partial charge on any atom is -0.207 e. The second-order valence-electron chi connectivity index (χ2n) is 4.56. The summed E-state index contributed by atoms with van der Waals surface area (Å²) < 4.78 is 26.1. The van der Waals surface area contributed by atoms with Gasteiger partial charge in [-0.15, -0.1) is 0 Å². The maximum Gasteiger partial charge on any atom is 0.243 e. The maximum atomic E-state index is 12.4. The summed E-state index contributed by atoms with van der Waals surface area (Å²) in [6.45, 7) is 2.31. The molecule has 0 aliphatic heterocycles. The van der Waals surface area contributed by atoms with E-state index in [-0.39, 0.29) is 0 Å². The van der Waals surface area contributed by atoms with E-state index in [4.69, 9.17) is 0 Å². The Morgan fingerprint density at radius 2 is 1.53 bits per heavy atom. The largest absolute Gasteiger partial charge is 0.243 e. The van der Waals surface area contributed by atoms with E-state index in [1.165, 1.54) is 4.31 Å². The number of nitrogens with zero attached hydrogens (tertiary/aromatic N) is 1. The lowest BCUT2D eigenvalue weighted by Gasteiger charge is -2.17. The van der Waals surface area contributed by atoms with Gasteiger partial charge in [-0.3, -0.25) is 0 Å². The summed E-state index contributed by atoms with van der Waals surface area (Å²) in [5.74, 6) is 0.